The van der Waals surface area contributed by atoms with Gasteiger partial charge in [0.2, 0.25) is 0 Å². The minimum Gasteiger partial charge on any atom is -0.340 e. The van der Waals surface area contributed by atoms with Crippen LogP contribution in [0.25, 0.3) is 0 Å². The van der Waals surface area contributed by atoms with Gasteiger partial charge in [0.1, 0.15) is 0 Å². The zero-order valence-corrected chi connectivity index (χ0v) is 7.95. The summed E-state index contributed by atoms with van der Waals surface area (Å²) in [7, 11) is 0. The van der Waals surface area contributed by atoms with Crippen molar-refractivity contribution in [2.24, 2.45) is 0 Å². The second kappa shape index (κ2) is 6.47. The maximum Gasteiger partial charge on any atom is 0.314 e. The van der Waals surface area contributed by atoms with Crippen molar-refractivity contribution in [3.8, 4) is 0 Å². The molecule has 0 aromatic heterocycles. The lowest BCUT2D eigenvalue weighted by Crippen LogP contribution is -2.30. The third-order valence-corrected chi connectivity index (χ3v) is 1.83. The first kappa shape index (κ1) is 10.8. The lowest BCUT2D eigenvalue weighted by atomic mass is 10.1. The summed E-state index contributed by atoms with van der Waals surface area (Å²) < 4.78 is 0. The first-order valence-corrected chi connectivity index (χ1v) is 4.54. The van der Waals surface area contributed by atoms with E-state index in [-0.39, 0.29) is 6.04 Å². The highest BCUT2D eigenvalue weighted by atomic mass is 35.5. The van der Waals surface area contributed by atoms with Crippen LogP contribution in [0.5, 0.6) is 0 Å². The van der Waals surface area contributed by atoms with Gasteiger partial charge < -0.3 is 5.32 Å². The Labute approximate surface area is 73.3 Å². The van der Waals surface area contributed by atoms with Gasteiger partial charge in [0.05, 0.1) is 0 Å². The van der Waals surface area contributed by atoms with Crippen molar-refractivity contribution in [3.05, 3.63) is 0 Å². The van der Waals surface area contributed by atoms with E-state index in [0.717, 1.165) is 25.7 Å². The van der Waals surface area contributed by atoms with Gasteiger partial charge in [-0.1, -0.05) is 26.7 Å². The zero-order valence-electron chi connectivity index (χ0n) is 7.19. The van der Waals surface area contributed by atoms with Crippen LogP contribution in [-0.4, -0.2) is 11.4 Å². The molecule has 0 aromatic rings. The van der Waals surface area contributed by atoms with Gasteiger partial charge in [0.25, 0.3) is 0 Å². The number of hydrogen-bond acceptors (Lipinski definition) is 1. The van der Waals surface area contributed by atoms with Crippen molar-refractivity contribution in [3.63, 3.8) is 0 Å². The highest BCUT2D eigenvalue weighted by Crippen LogP contribution is 2.04. The standard InChI is InChI=1S/C8H16ClNO/c1-3-5-6-7(4-2)10-8(9)11/h7H,3-6H2,1-2H3,(H,10,11). The molecule has 0 rings (SSSR count). The minimum atomic E-state index is -0.437. The van der Waals surface area contributed by atoms with E-state index in [1.807, 2.05) is 6.92 Å². The predicted octanol–water partition coefficient (Wildman–Crippen LogP) is 2.90. The Balaban J connectivity index is 3.49. The third kappa shape index (κ3) is 6.17. The summed E-state index contributed by atoms with van der Waals surface area (Å²) in [6.45, 7) is 4.18. The topological polar surface area (TPSA) is 29.1 Å². The molecule has 0 aromatic carbocycles. The van der Waals surface area contributed by atoms with Crippen LogP contribution in [0.4, 0.5) is 4.79 Å². The molecule has 0 bridgehead atoms. The number of unbranched alkanes of at least 4 members (excludes halogenated alkanes) is 1. The molecular weight excluding hydrogens is 162 g/mol. The van der Waals surface area contributed by atoms with E-state index in [9.17, 15) is 4.79 Å². The first-order valence-electron chi connectivity index (χ1n) is 4.16. The molecule has 1 atom stereocenters. The predicted molar refractivity (Wildman–Crippen MR) is 48.0 cm³/mol. The Morgan fingerprint density at radius 2 is 2.18 bits per heavy atom. The highest BCUT2D eigenvalue weighted by molar-refractivity contribution is 6.62. The van der Waals surface area contributed by atoms with Crippen LogP contribution in [0.15, 0.2) is 0 Å². The monoisotopic (exact) mass is 177 g/mol. The van der Waals surface area contributed by atoms with Crippen LogP contribution in [0.2, 0.25) is 0 Å². The summed E-state index contributed by atoms with van der Waals surface area (Å²) in [5.74, 6) is 0. The molecule has 0 radical (unpaired) electrons. The first-order chi connectivity index (χ1) is 5.20. The van der Waals surface area contributed by atoms with Gasteiger partial charge in [-0.15, -0.1) is 0 Å². The Bertz CT molecular complexity index is 117. The van der Waals surface area contributed by atoms with Crippen molar-refractivity contribution < 1.29 is 4.79 Å². The van der Waals surface area contributed by atoms with E-state index in [0.29, 0.717) is 0 Å². The second-order valence-corrected chi connectivity index (χ2v) is 3.01. The maximum absolute atomic E-state index is 10.4. The van der Waals surface area contributed by atoms with Crippen molar-refractivity contribution in [1.29, 1.82) is 0 Å². The minimum absolute atomic E-state index is 0.264. The molecule has 0 saturated carbocycles. The van der Waals surface area contributed by atoms with E-state index < -0.39 is 5.37 Å². The highest BCUT2D eigenvalue weighted by Gasteiger charge is 2.06. The Kier molecular flexibility index (Phi) is 6.33. The lowest BCUT2D eigenvalue weighted by molar-refractivity contribution is 0.255. The zero-order chi connectivity index (χ0) is 8.69. The Morgan fingerprint density at radius 1 is 1.55 bits per heavy atom. The summed E-state index contributed by atoms with van der Waals surface area (Å²) in [6, 6.07) is 0.264. The summed E-state index contributed by atoms with van der Waals surface area (Å²) in [5.41, 5.74) is 0. The fourth-order valence-electron chi connectivity index (χ4n) is 0.989. The van der Waals surface area contributed by atoms with Crippen LogP contribution in [0.3, 0.4) is 0 Å². The van der Waals surface area contributed by atoms with Gasteiger partial charge in [-0.3, -0.25) is 4.79 Å². The van der Waals surface area contributed by atoms with Crippen LogP contribution >= 0.6 is 11.6 Å². The normalized spacial score (nSPS) is 12.6. The third-order valence-electron chi connectivity index (χ3n) is 1.72. The molecule has 0 spiro atoms. The van der Waals surface area contributed by atoms with E-state index in [1.165, 1.54) is 0 Å². The van der Waals surface area contributed by atoms with Crippen molar-refractivity contribution in [2.75, 3.05) is 0 Å². The summed E-state index contributed by atoms with van der Waals surface area (Å²) in [6.07, 6.45) is 4.30. The quantitative estimate of drug-likeness (QED) is 0.508. The van der Waals surface area contributed by atoms with Crippen LogP contribution in [0, 0.1) is 0 Å². The number of nitrogens with one attached hydrogen (secondary N) is 1. The molecule has 0 aliphatic rings. The van der Waals surface area contributed by atoms with Crippen LogP contribution in [-0.2, 0) is 0 Å². The largest absolute Gasteiger partial charge is 0.340 e. The smallest absolute Gasteiger partial charge is 0.314 e. The number of amides is 1. The van der Waals surface area contributed by atoms with Crippen LogP contribution < -0.4 is 5.32 Å². The number of carbonyl (C=O) groups excluding carboxylic acids is 1. The van der Waals surface area contributed by atoms with E-state index in [2.05, 4.69) is 12.2 Å². The van der Waals surface area contributed by atoms with Gasteiger partial charge in [0, 0.05) is 6.04 Å². The average Bonchev–Trinajstić information content (AvgIpc) is 1.97. The summed E-state index contributed by atoms with van der Waals surface area (Å²) >= 11 is 5.18. The summed E-state index contributed by atoms with van der Waals surface area (Å²) in [5, 5.41) is 2.25. The summed E-state index contributed by atoms with van der Waals surface area (Å²) in [4.78, 5) is 10.4. The molecular formula is C8H16ClNO. The molecule has 1 amide bonds. The van der Waals surface area contributed by atoms with Crippen LogP contribution in [0.1, 0.15) is 39.5 Å². The van der Waals surface area contributed by atoms with E-state index in [4.69, 9.17) is 11.6 Å². The molecule has 66 valence electrons. The molecule has 0 fully saturated rings. The fraction of sp³-hybridized carbons (Fsp3) is 0.875. The molecule has 11 heavy (non-hydrogen) atoms. The van der Waals surface area contributed by atoms with Crippen molar-refractivity contribution in [2.45, 2.75) is 45.6 Å². The molecule has 0 aliphatic heterocycles. The fourth-order valence-corrected chi connectivity index (χ4v) is 1.14. The molecule has 2 nitrogen and oxygen atoms in total. The molecule has 0 aliphatic carbocycles. The second-order valence-electron chi connectivity index (χ2n) is 2.67. The number of halogens is 1. The molecule has 3 heteroatoms. The van der Waals surface area contributed by atoms with E-state index >= 15 is 0 Å². The van der Waals surface area contributed by atoms with Gasteiger partial charge in [-0.05, 0) is 24.4 Å². The van der Waals surface area contributed by atoms with Gasteiger partial charge in [-0.25, -0.2) is 0 Å². The van der Waals surface area contributed by atoms with Gasteiger partial charge in [0.15, 0.2) is 0 Å². The SMILES string of the molecule is CCCCC(CC)NC(=O)Cl. The molecule has 0 saturated heterocycles. The molecule has 1 unspecified atom stereocenters. The van der Waals surface area contributed by atoms with Gasteiger partial charge >= 0.3 is 5.37 Å². The number of carbonyl (C=O) groups is 1. The maximum atomic E-state index is 10.4. The van der Waals surface area contributed by atoms with Gasteiger partial charge in [-0.2, -0.15) is 0 Å². The Morgan fingerprint density at radius 3 is 2.55 bits per heavy atom. The van der Waals surface area contributed by atoms with Crippen molar-refractivity contribution >= 4 is 17.0 Å². The lowest BCUT2D eigenvalue weighted by Gasteiger charge is -2.13. The molecule has 1 N–H and O–H groups in total. The Hall–Kier alpha value is -0.240. The number of rotatable bonds is 5. The number of hydrogen-bond donors (Lipinski definition) is 1. The molecule has 0 heterocycles. The van der Waals surface area contributed by atoms with Crippen molar-refractivity contribution in [1.82, 2.24) is 5.32 Å². The van der Waals surface area contributed by atoms with E-state index in [1.54, 1.807) is 0 Å². The average molecular weight is 178 g/mol.